The number of piperidine rings is 1. The average molecular weight is 573 g/mol. The van der Waals surface area contributed by atoms with Crippen LogP contribution in [0.15, 0.2) is 42.5 Å². The van der Waals surface area contributed by atoms with Crippen molar-refractivity contribution < 1.29 is 33.5 Å². The van der Waals surface area contributed by atoms with E-state index in [1.165, 1.54) is 0 Å². The van der Waals surface area contributed by atoms with Gasteiger partial charge in [-0.3, -0.25) is 0 Å². The van der Waals surface area contributed by atoms with Gasteiger partial charge in [0, 0.05) is 66.0 Å². The van der Waals surface area contributed by atoms with Crippen LogP contribution in [-0.4, -0.2) is 96.9 Å². The Labute approximate surface area is 245 Å². The molecule has 2 N–H and O–H groups in total. The molecule has 2 aliphatic rings. The van der Waals surface area contributed by atoms with Crippen LogP contribution in [0.2, 0.25) is 0 Å². The Morgan fingerprint density at radius 2 is 1.71 bits per heavy atom. The first-order valence-corrected chi connectivity index (χ1v) is 14.9. The van der Waals surface area contributed by atoms with E-state index in [9.17, 15) is 5.11 Å². The second-order valence-electron chi connectivity index (χ2n) is 10.8. The van der Waals surface area contributed by atoms with Crippen LogP contribution in [0.3, 0.4) is 0 Å². The number of aliphatic hydroxyl groups excluding tert-OH is 1. The molecule has 2 aliphatic heterocycles. The predicted octanol–water partition coefficient (Wildman–Crippen LogP) is 3.77. The van der Waals surface area contributed by atoms with Crippen LogP contribution >= 0.6 is 0 Å². The zero-order chi connectivity index (χ0) is 28.9. The molecule has 0 spiro atoms. The van der Waals surface area contributed by atoms with E-state index in [4.69, 9.17) is 28.4 Å². The van der Waals surface area contributed by atoms with Crippen molar-refractivity contribution in [2.24, 2.45) is 0 Å². The number of methoxy groups -OCH3 is 2. The summed E-state index contributed by atoms with van der Waals surface area (Å²) in [4.78, 5) is 2.37. The minimum atomic E-state index is -0.395. The van der Waals surface area contributed by atoms with E-state index in [0.29, 0.717) is 39.5 Å². The number of fused-ring (bicyclic) bond motifs is 1. The van der Waals surface area contributed by atoms with Gasteiger partial charge in [-0.25, -0.2) is 0 Å². The summed E-state index contributed by atoms with van der Waals surface area (Å²) in [7, 11) is 3.44. The van der Waals surface area contributed by atoms with Crippen molar-refractivity contribution in [2.45, 2.75) is 57.0 Å². The maximum atomic E-state index is 9.76. The summed E-state index contributed by atoms with van der Waals surface area (Å²) >= 11 is 0. The van der Waals surface area contributed by atoms with Gasteiger partial charge in [-0.1, -0.05) is 18.2 Å². The molecule has 0 amide bonds. The van der Waals surface area contributed by atoms with Gasteiger partial charge in [-0.2, -0.15) is 0 Å². The minimum absolute atomic E-state index is 0.0410. The highest BCUT2D eigenvalue weighted by atomic mass is 16.5. The van der Waals surface area contributed by atoms with Crippen LogP contribution < -0.4 is 19.7 Å². The first-order chi connectivity index (χ1) is 20.1. The zero-order valence-corrected chi connectivity index (χ0v) is 24.9. The number of rotatable bonds is 17. The smallest absolute Gasteiger partial charge is 0.142 e. The molecule has 1 saturated heterocycles. The van der Waals surface area contributed by atoms with E-state index in [1.54, 1.807) is 21.1 Å². The summed E-state index contributed by atoms with van der Waals surface area (Å²) < 4.78 is 35.1. The highest BCUT2D eigenvalue weighted by Crippen LogP contribution is 2.35. The second kappa shape index (κ2) is 16.9. The molecule has 1 unspecified atom stereocenters. The Morgan fingerprint density at radius 1 is 0.951 bits per heavy atom. The largest absolute Gasteiger partial charge is 0.494 e. The molecule has 1 fully saturated rings. The fourth-order valence-corrected chi connectivity index (χ4v) is 5.43. The van der Waals surface area contributed by atoms with Crippen LogP contribution in [0, 0.1) is 0 Å². The molecule has 0 radical (unpaired) electrons. The molecular weight excluding hydrogens is 524 g/mol. The topological polar surface area (TPSA) is 90.9 Å². The van der Waals surface area contributed by atoms with E-state index in [0.717, 1.165) is 73.9 Å². The van der Waals surface area contributed by atoms with Crippen molar-refractivity contribution in [3.8, 4) is 11.5 Å². The molecule has 228 valence electrons. The minimum Gasteiger partial charge on any atom is -0.494 e. The summed E-state index contributed by atoms with van der Waals surface area (Å²) in [6.07, 6.45) is 1.86. The molecule has 0 aromatic heterocycles. The maximum Gasteiger partial charge on any atom is 0.142 e. The van der Waals surface area contributed by atoms with E-state index in [1.807, 2.05) is 12.1 Å². The summed E-state index contributed by atoms with van der Waals surface area (Å²) in [5, 5.41) is 13.3. The molecule has 0 saturated carbocycles. The van der Waals surface area contributed by atoms with Gasteiger partial charge in [-0.05, 0) is 55.2 Å². The summed E-state index contributed by atoms with van der Waals surface area (Å²) in [6, 6.07) is 14.6. The monoisotopic (exact) mass is 572 g/mol. The Bertz CT molecular complexity index is 1020. The molecule has 4 rings (SSSR count). The van der Waals surface area contributed by atoms with Crippen molar-refractivity contribution in [1.82, 2.24) is 5.32 Å². The molecular formula is C32H48N2O7. The number of benzene rings is 2. The Balaban J connectivity index is 1.45. The maximum absolute atomic E-state index is 9.76. The van der Waals surface area contributed by atoms with Gasteiger partial charge < -0.3 is 43.7 Å². The fraction of sp³-hybridized carbons (Fsp3) is 0.625. The Hall–Kier alpha value is -2.40. The first-order valence-electron chi connectivity index (χ1n) is 14.9. The highest BCUT2D eigenvalue weighted by molar-refractivity contribution is 5.61. The normalized spacial score (nSPS) is 21.3. The van der Waals surface area contributed by atoms with Crippen LogP contribution in [0.5, 0.6) is 11.5 Å². The fourth-order valence-electron chi connectivity index (χ4n) is 5.43. The lowest BCUT2D eigenvalue weighted by atomic mass is 9.85. The van der Waals surface area contributed by atoms with Crippen molar-refractivity contribution >= 4 is 5.69 Å². The summed E-state index contributed by atoms with van der Waals surface area (Å²) in [5.41, 5.74) is 3.39. The highest BCUT2D eigenvalue weighted by Gasteiger charge is 2.36. The van der Waals surface area contributed by atoms with Crippen LogP contribution in [-0.2, 0) is 25.6 Å². The lowest BCUT2D eigenvalue weighted by Gasteiger charge is -2.39. The van der Waals surface area contributed by atoms with Gasteiger partial charge in [0.2, 0.25) is 0 Å². The van der Waals surface area contributed by atoms with E-state index in [-0.39, 0.29) is 18.1 Å². The SMILES string of the molecule is COCCCOc1ccc([C@@H]2[C@@H](OCc3ccc4c(c3)N(CCCOC)CCO4)CNC[C@H]2OCCC(C)O)cc1. The van der Waals surface area contributed by atoms with Gasteiger partial charge in [0.25, 0.3) is 0 Å². The van der Waals surface area contributed by atoms with E-state index >= 15 is 0 Å². The van der Waals surface area contributed by atoms with Gasteiger partial charge >= 0.3 is 0 Å². The third-order valence-electron chi connectivity index (χ3n) is 7.61. The number of nitrogens with zero attached hydrogens (tertiary/aromatic N) is 1. The molecule has 2 aromatic carbocycles. The number of hydrogen-bond donors (Lipinski definition) is 2. The van der Waals surface area contributed by atoms with Gasteiger partial charge in [-0.15, -0.1) is 0 Å². The van der Waals surface area contributed by atoms with Gasteiger partial charge in [0.05, 0.1) is 43.8 Å². The molecule has 0 bridgehead atoms. The first kappa shape index (κ1) is 31.5. The van der Waals surface area contributed by atoms with Gasteiger partial charge in [0.1, 0.15) is 18.1 Å². The lowest BCUT2D eigenvalue weighted by molar-refractivity contribution is -0.0639. The van der Waals surface area contributed by atoms with Crippen LogP contribution in [0.1, 0.15) is 43.2 Å². The predicted molar refractivity (Wildman–Crippen MR) is 159 cm³/mol. The van der Waals surface area contributed by atoms with Crippen molar-refractivity contribution in [3.05, 3.63) is 53.6 Å². The van der Waals surface area contributed by atoms with Crippen molar-refractivity contribution in [3.63, 3.8) is 0 Å². The second-order valence-corrected chi connectivity index (χ2v) is 10.8. The van der Waals surface area contributed by atoms with E-state index < -0.39 is 6.10 Å². The third-order valence-corrected chi connectivity index (χ3v) is 7.61. The van der Waals surface area contributed by atoms with Gasteiger partial charge in [0.15, 0.2) is 0 Å². The van der Waals surface area contributed by atoms with Crippen molar-refractivity contribution in [1.29, 1.82) is 0 Å². The van der Waals surface area contributed by atoms with Crippen LogP contribution in [0.4, 0.5) is 5.69 Å². The number of hydrogen-bond acceptors (Lipinski definition) is 9. The Morgan fingerprint density at radius 3 is 2.46 bits per heavy atom. The Kier molecular flexibility index (Phi) is 13.0. The summed E-state index contributed by atoms with van der Waals surface area (Å²) in [5.74, 6) is 1.80. The zero-order valence-electron chi connectivity index (χ0n) is 24.9. The molecule has 41 heavy (non-hydrogen) atoms. The van der Waals surface area contributed by atoms with Crippen molar-refractivity contribution in [2.75, 3.05) is 78.3 Å². The number of aliphatic hydroxyl groups is 1. The quantitative estimate of drug-likeness (QED) is 0.275. The molecule has 2 aromatic rings. The molecule has 2 heterocycles. The molecule has 9 heteroatoms. The van der Waals surface area contributed by atoms with E-state index in [2.05, 4.69) is 40.5 Å². The number of ether oxygens (including phenoxy) is 6. The number of anilines is 1. The van der Waals surface area contributed by atoms with Crippen LogP contribution in [0.25, 0.3) is 0 Å². The standard InChI is InChI=1S/C32H48N2O7/c1-24(35)12-18-39-30-21-33-22-31(32(30)26-7-9-27(10-8-26)38-17-5-16-37-3)41-23-25-6-11-29-28(20-25)34(14-19-40-29)13-4-15-36-2/h6-11,20,24,30-33,35H,4-5,12-19,21-23H2,1-3H3/t24?,30-,31+,32+/m1/s1. The number of nitrogens with one attached hydrogen (secondary N) is 1. The summed E-state index contributed by atoms with van der Waals surface area (Å²) in [6.45, 7) is 8.77. The third kappa shape index (κ3) is 9.56. The molecule has 4 atom stereocenters. The molecule has 9 nitrogen and oxygen atoms in total. The lowest BCUT2D eigenvalue weighted by Crippen LogP contribution is -2.50. The average Bonchev–Trinajstić information content (AvgIpc) is 2.99. The molecule has 0 aliphatic carbocycles.